The quantitative estimate of drug-likeness (QED) is 0.448. The van der Waals surface area contributed by atoms with Gasteiger partial charge in [-0.2, -0.15) is 0 Å². The third kappa shape index (κ3) is 4.63. The fraction of sp³-hybridized carbons (Fsp3) is 0.278. The van der Waals surface area contributed by atoms with E-state index in [2.05, 4.69) is 6.92 Å². The van der Waals surface area contributed by atoms with Gasteiger partial charge >= 0.3 is 5.97 Å². The molecular weight excluding hydrogens is 264 g/mol. The summed E-state index contributed by atoms with van der Waals surface area (Å²) < 4.78 is 10.9. The SMILES string of the molecule is CCCCOc1ccc(C(=O)Oc2ccc(C)cc2)cc1. The molecule has 0 saturated heterocycles. The first-order valence-electron chi connectivity index (χ1n) is 7.21. The van der Waals surface area contributed by atoms with Crippen LogP contribution < -0.4 is 9.47 Å². The van der Waals surface area contributed by atoms with Crippen molar-refractivity contribution in [3.05, 3.63) is 59.7 Å². The van der Waals surface area contributed by atoms with Gasteiger partial charge in [-0.3, -0.25) is 0 Å². The van der Waals surface area contributed by atoms with Gasteiger partial charge in [0.15, 0.2) is 0 Å². The van der Waals surface area contributed by atoms with Crippen molar-refractivity contribution in [2.24, 2.45) is 0 Å². The first-order chi connectivity index (χ1) is 10.2. The van der Waals surface area contributed by atoms with Crippen molar-refractivity contribution in [2.75, 3.05) is 6.61 Å². The van der Waals surface area contributed by atoms with Gasteiger partial charge in [0.1, 0.15) is 11.5 Å². The third-order valence-corrected chi connectivity index (χ3v) is 3.09. The Balaban J connectivity index is 1.94. The highest BCUT2D eigenvalue weighted by molar-refractivity contribution is 5.91. The summed E-state index contributed by atoms with van der Waals surface area (Å²) in [6.07, 6.45) is 2.12. The van der Waals surface area contributed by atoms with Crippen LogP contribution in [0, 0.1) is 6.92 Å². The summed E-state index contributed by atoms with van der Waals surface area (Å²) >= 11 is 0. The van der Waals surface area contributed by atoms with E-state index in [1.807, 2.05) is 19.1 Å². The minimum absolute atomic E-state index is 0.362. The summed E-state index contributed by atoms with van der Waals surface area (Å²) in [5.41, 5.74) is 1.64. The van der Waals surface area contributed by atoms with Crippen LogP contribution in [0.4, 0.5) is 0 Å². The zero-order valence-electron chi connectivity index (χ0n) is 12.5. The van der Waals surface area contributed by atoms with E-state index in [1.165, 1.54) is 0 Å². The lowest BCUT2D eigenvalue weighted by Gasteiger charge is -2.07. The van der Waals surface area contributed by atoms with E-state index in [0.717, 1.165) is 24.2 Å². The first-order valence-corrected chi connectivity index (χ1v) is 7.21. The molecule has 0 atom stereocenters. The molecule has 0 radical (unpaired) electrons. The van der Waals surface area contributed by atoms with Gasteiger partial charge in [0.25, 0.3) is 0 Å². The van der Waals surface area contributed by atoms with Crippen LogP contribution in [0.2, 0.25) is 0 Å². The number of benzene rings is 2. The number of unbranched alkanes of at least 4 members (excludes halogenated alkanes) is 1. The van der Waals surface area contributed by atoms with Crippen LogP contribution in [0.3, 0.4) is 0 Å². The number of rotatable bonds is 6. The van der Waals surface area contributed by atoms with Gasteiger partial charge in [0.05, 0.1) is 12.2 Å². The summed E-state index contributed by atoms with van der Waals surface area (Å²) in [6.45, 7) is 4.81. The molecule has 0 aliphatic carbocycles. The smallest absolute Gasteiger partial charge is 0.343 e. The Bertz CT molecular complexity index is 570. The Kier molecular flexibility index (Phi) is 5.38. The molecule has 2 rings (SSSR count). The molecular formula is C18H20O3. The molecule has 0 aliphatic rings. The van der Waals surface area contributed by atoms with Crippen LogP contribution in [0.15, 0.2) is 48.5 Å². The van der Waals surface area contributed by atoms with Crippen molar-refractivity contribution in [1.82, 2.24) is 0 Å². The Morgan fingerprint density at radius 3 is 2.19 bits per heavy atom. The predicted molar refractivity (Wildman–Crippen MR) is 83.0 cm³/mol. The molecule has 0 spiro atoms. The number of hydrogen-bond donors (Lipinski definition) is 0. The average Bonchev–Trinajstić information content (AvgIpc) is 2.50. The predicted octanol–water partition coefficient (Wildman–Crippen LogP) is 4.39. The lowest BCUT2D eigenvalue weighted by Crippen LogP contribution is -2.08. The van der Waals surface area contributed by atoms with E-state index in [-0.39, 0.29) is 5.97 Å². The molecule has 3 nitrogen and oxygen atoms in total. The van der Waals surface area contributed by atoms with Crippen LogP contribution >= 0.6 is 0 Å². The normalized spacial score (nSPS) is 10.2. The van der Waals surface area contributed by atoms with Crippen molar-refractivity contribution in [1.29, 1.82) is 0 Å². The average molecular weight is 284 g/mol. The third-order valence-electron chi connectivity index (χ3n) is 3.09. The van der Waals surface area contributed by atoms with E-state index in [4.69, 9.17) is 9.47 Å². The minimum Gasteiger partial charge on any atom is -0.494 e. The van der Waals surface area contributed by atoms with E-state index < -0.39 is 0 Å². The molecule has 0 saturated carbocycles. The van der Waals surface area contributed by atoms with Crippen molar-refractivity contribution >= 4 is 5.97 Å². The molecule has 0 fully saturated rings. The monoisotopic (exact) mass is 284 g/mol. The molecule has 0 aliphatic heterocycles. The summed E-state index contributed by atoms with van der Waals surface area (Å²) in [6, 6.07) is 14.4. The second-order valence-electron chi connectivity index (χ2n) is 4.93. The van der Waals surface area contributed by atoms with Gasteiger partial charge in [-0.25, -0.2) is 4.79 Å². The van der Waals surface area contributed by atoms with Crippen LogP contribution in [0.1, 0.15) is 35.7 Å². The Labute approximate surface area is 125 Å². The highest BCUT2D eigenvalue weighted by atomic mass is 16.5. The van der Waals surface area contributed by atoms with Gasteiger partial charge in [-0.05, 0) is 49.7 Å². The summed E-state index contributed by atoms with van der Waals surface area (Å²) in [7, 11) is 0. The van der Waals surface area contributed by atoms with Crippen LogP contribution in [-0.4, -0.2) is 12.6 Å². The second-order valence-corrected chi connectivity index (χ2v) is 4.93. The summed E-state index contributed by atoms with van der Waals surface area (Å²) in [5.74, 6) is 0.961. The standard InChI is InChI=1S/C18H20O3/c1-3-4-13-20-16-11-7-15(8-12-16)18(19)21-17-9-5-14(2)6-10-17/h5-12H,3-4,13H2,1-2H3. The zero-order chi connectivity index (χ0) is 15.1. The molecule has 110 valence electrons. The Morgan fingerprint density at radius 2 is 1.57 bits per heavy atom. The number of esters is 1. The van der Waals surface area contributed by atoms with E-state index in [0.29, 0.717) is 17.9 Å². The maximum absolute atomic E-state index is 12.0. The molecule has 0 bridgehead atoms. The van der Waals surface area contributed by atoms with E-state index >= 15 is 0 Å². The second kappa shape index (κ2) is 7.48. The highest BCUT2D eigenvalue weighted by Crippen LogP contribution is 2.16. The molecule has 0 amide bonds. The molecule has 3 heteroatoms. The Hall–Kier alpha value is -2.29. The number of carbonyl (C=O) groups excluding carboxylic acids is 1. The lowest BCUT2D eigenvalue weighted by atomic mass is 10.2. The molecule has 21 heavy (non-hydrogen) atoms. The number of ether oxygens (including phenoxy) is 2. The van der Waals surface area contributed by atoms with Crippen molar-refractivity contribution in [3.8, 4) is 11.5 Å². The van der Waals surface area contributed by atoms with Crippen LogP contribution in [-0.2, 0) is 0 Å². The maximum atomic E-state index is 12.0. The van der Waals surface area contributed by atoms with Gasteiger partial charge in [0, 0.05) is 0 Å². The highest BCUT2D eigenvalue weighted by Gasteiger charge is 2.08. The minimum atomic E-state index is -0.362. The van der Waals surface area contributed by atoms with Crippen molar-refractivity contribution in [3.63, 3.8) is 0 Å². The zero-order valence-corrected chi connectivity index (χ0v) is 12.5. The van der Waals surface area contributed by atoms with E-state index in [1.54, 1.807) is 36.4 Å². The number of carbonyl (C=O) groups is 1. The van der Waals surface area contributed by atoms with Crippen LogP contribution in [0.25, 0.3) is 0 Å². The maximum Gasteiger partial charge on any atom is 0.343 e. The molecule has 2 aromatic rings. The molecule has 2 aromatic carbocycles. The van der Waals surface area contributed by atoms with Crippen molar-refractivity contribution in [2.45, 2.75) is 26.7 Å². The van der Waals surface area contributed by atoms with E-state index in [9.17, 15) is 4.79 Å². The molecule has 0 aromatic heterocycles. The number of aryl methyl sites for hydroxylation is 1. The van der Waals surface area contributed by atoms with Crippen molar-refractivity contribution < 1.29 is 14.3 Å². The fourth-order valence-corrected chi connectivity index (χ4v) is 1.79. The number of hydrogen-bond acceptors (Lipinski definition) is 3. The largest absolute Gasteiger partial charge is 0.494 e. The Morgan fingerprint density at radius 1 is 0.952 bits per heavy atom. The van der Waals surface area contributed by atoms with Gasteiger partial charge in [-0.15, -0.1) is 0 Å². The van der Waals surface area contributed by atoms with Crippen LogP contribution in [0.5, 0.6) is 11.5 Å². The lowest BCUT2D eigenvalue weighted by molar-refractivity contribution is 0.0734. The molecule has 0 N–H and O–H groups in total. The van der Waals surface area contributed by atoms with Gasteiger partial charge in [0.2, 0.25) is 0 Å². The van der Waals surface area contributed by atoms with Gasteiger partial charge < -0.3 is 9.47 Å². The van der Waals surface area contributed by atoms with Gasteiger partial charge in [-0.1, -0.05) is 31.0 Å². The molecule has 0 heterocycles. The fourth-order valence-electron chi connectivity index (χ4n) is 1.79. The summed E-state index contributed by atoms with van der Waals surface area (Å²) in [4.78, 5) is 12.0. The topological polar surface area (TPSA) is 35.5 Å². The summed E-state index contributed by atoms with van der Waals surface area (Å²) in [5, 5.41) is 0. The first kappa shape index (κ1) is 15.1. The molecule has 0 unspecified atom stereocenters.